The molecule has 0 aliphatic rings. The van der Waals surface area contributed by atoms with Crippen LogP contribution >= 0.6 is 0 Å². The highest BCUT2D eigenvalue weighted by atomic mass is 15.2. The fraction of sp³-hybridized carbons (Fsp3) is 0.259. The van der Waals surface area contributed by atoms with Gasteiger partial charge < -0.3 is 24.8 Å². The van der Waals surface area contributed by atoms with Crippen LogP contribution in [0.25, 0.3) is 33.1 Å². The second kappa shape index (κ2) is 8.99. The molecule has 0 radical (unpaired) electrons. The molecule has 9 heteroatoms. The molecule has 0 atom stereocenters. The molecular weight excluding hydrogens is 450 g/mol. The molecule has 0 saturated carbocycles. The van der Waals surface area contributed by atoms with E-state index in [1.54, 1.807) is 6.33 Å². The van der Waals surface area contributed by atoms with Gasteiger partial charge in [-0.1, -0.05) is 24.3 Å². The molecule has 4 aromatic heterocycles. The van der Waals surface area contributed by atoms with Crippen LogP contribution in [-0.4, -0.2) is 40.6 Å². The summed E-state index contributed by atoms with van der Waals surface area (Å²) in [6, 6.07) is 16.9. The summed E-state index contributed by atoms with van der Waals surface area (Å²) in [5, 5.41) is 8.10. The third-order valence-electron chi connectivity index (χ3n) is 6.59. The monoisotopic (exact) mass is 479 g/mol. The van der Waals surface area contributed by atoms with Crippen molar-refractivity contribution in [2.24, 2.45) is 14.1 Å². The summed E-state index contributed by atoms with van der Waals surface area (Å²) < 4.78 is 4.12. The van der Waals surface area contributed by atoms with Crippen molar-refractivity contribution in [1.29, 1.82) is 0 Å². The normalized spacial score (nSPS) is 11.6. The molecule has 0 spiro atoms. The summed E-state index contributed by atoms with van der Waals surface area (Å²) in [5.74, 6) is 2.42. The fourth-order valence-corrected chi connectivity index (χ4v) is 4.74. The Morgan fingerprint density at radius 2 is 1.86 bits per heavy atom. The van der Waals surface area contributed by atoms with Gasteiger partial charge in [0.2, 0.25) is 5.95 Å². The Kier molecular flexibility index (Phi) is 5.52. The molecule has 0 aliphatic carbocycles. The van der Waals surface area contributed by atoms with Gasteiger partial charge in [0.05, 0.1) is 17.4 Å². The van der Waals surface area contributed by atoms with Crippen molar-refractivity contribution >= 4 is 44.9 Å². The molecule has 9 nitrogen and oxygen atoms in total. The Hall–Kier alpha value is -4.40. The Morgan fingerprint density at radius 1 is 0.972 bits per heavy atom. The summed E-state index contributed by atoms with van der Waals surface area (Å²) in [6.07, 6.45) is 3.56. The van der Waals surface area contributed by atoms with Crippen molar-refractivity contribution in [2.45, 2.75) is 26.3 Å². The van der Waals surface area contributed by atoms with Crippen LogP contribution in [0.3, 0.4) is 0 Å². The molecule has 0 bridgehead atoms. The second-order valence-corrected chi connectivity index (χ2v) is 9.26. The van der Waals surface area contributed by atoms with E-state index in [-0.39, 0.29) is 0 Å². The highest BCUT2D eigenvalue weighted by molar-refractivity contribution is 5.85. The lowest BCUT2D eigenvalue weighted by Gasteiger charge is -2.11. The van der Waals surface area contributed by atoms with Crippen LogP contribution in [0.5, 0.6) is 0 Å². The number of aromatic amines is 1. The summed E-state index contributed by atoms with van der Waals surface area (Å²) in [6.45, 7) is 3.46. The maximum Gasteiger partial charge on any atom is 0.226 e. The highest BCUT2D eigenvalue weighted by Crippen LogP contribution is 2.23. The number of rotatable bonds is 8. The summed E-state index contributed by atoms with van der Waals surface area (Å²) in [7, 11) is 4.03. The summed E-state index contributed by atoms with van der Waals surface area (Å²) >= 11 is 0. The largest absolute Gasteiger partial charge is 0.364 e. The van der Waals surface area contributed by atoms with Crippen LogP contribution in [-0.2, 0) is 27.1 Å². The third-order valence-corrected chi connectivity index (χ3v) is 6.59. The SMILES string of the molecule is Cc1cc2ccc(CNc3nc(NCCCc4nc5ccccc5n4C)nc4ncn(C)c34)cc2[nH]1. The van der Waals surface area contributed by atoms with Gasteiger partial charge >= 0.3 is 0 Å². The first-order valence-corrected chi connectivity index (χ1v) is 12.2. The van der Waals surface area contributed by atoms with Crippen LogP contribution < -0.4 is 10.6 Å². The zero-order valence-corrected chi connectivity index (χ0v) is 20.7. The molecule has 182 valence electrons. The minimum Gasteiger partial charge on any atom is -0.364 e. The predicted molar refractivity (Wildman–Crippen MR) is 144 cm³/mol. The molecule has 0 unspecified atom stereocenters. The number of hydrogen-bond donors (Lipinski definition) is 3. The topological polar surface area (TPSA) is 101 Å². The number of nitrogens with one attached hydrogen (secondary N) is 3. The smallest absolute Gasteiger partial charge is 0.226 e. The number of benzene rings is 2. The molecule has 0 saturated heterocycles. The van der Waals surface area contributed by atoms with Gasteiger partial charge in [-0.15, -0.1) is 0 Å². The Balaban J connectivity index is 1.15. The molecule has 6 aromatic rings. The van der Waals surface area contributed by atoms with Crippen molar-refractivity contribution in [2.75, 3.05) is 17.2 Å². The number of anilines is 2. The summed E-state index contributed by atoms with van der Waals surface area (Å²) in [4.78, 5) is 22.1. The lowest BCUT2D eigenvalue weighted by atomic mass is 10.1. The van der Waals surface area contributed by atoms with Crippen LogP contribution in [0.2, 0.25) is 0 Å². The minimum atomic E-state index is 0.573. The maximum absolute atomic E-state index is 4.79. The van der Waals surface area contributed by atoms with Crippen molar-refractivity contribution in [1.82, 2.24) is 34.1 Å². The summed E-state index contributed by atoms with van der Waals surface area (Å²) in [5.41, 5.74) is 7.23. The zero-order valence-electron chi connectivity index (χ0n) is 20.7. The number of hydrogen-bond acceptors (Lipinski definition) is 6. The van der Waals surface area contributed by atoms with Crippen LogP contribution in [0, 0.1) is 6.92 Å². The third kappa shape index (κ3) is 4.13. The molecule has 36 heavy (non-hydrogen) atoms. The average molecular weight is 480 g/mol. The maximum atomic E-state index is 4.79. The van der Waals surface area contributed by atoms with Gasteiger partial charge in [-0.3, -0.25) is 0 Å². The van der Waals surface area contributed by atoms with Gasteiger partial charge in [0.1, 0.15) is 11.3 Å². The first-order chi connectivity index (χ1) is 17.5. The highest BCUT2D eigenvalue weighted by Gasteiger charge is 2.13. The lowest BCUT2D eigenvalue weighted by Crippen LogP contribution is -2.11. The van der Waals surface area contributed by atoms with Gasteiger partial charge in [-0.25, -0.2) is 9.97 Å². The number of fused-ring (bicyclic) bond motifs is 3. The molecular formula is C27H29N9. The van der Waals surface area contributed by atoms with E-state index < -0.39 is 0 Å². The number of H-pyrrole nitrogens is 1. The molecule has 0 amide bonds. The van der Waals surface area contributed by atoms with Crippen molar-refractivity contribution in [3.63, 3.8) is 0 Å². The van der Waals surface area contributed by atoms with Gasteiger partial charge in [-0.2, -0.15) is 9.97 Å². The van der Waals surface area contributed by atoms with Crippen LogP contribution in [0.4, 0.5) is 11.8 Å². The zero-order chi connectivity index (χ0) is 24.6. The van der Waals surface area contributed by atoms with Crippen LogP contribution in [0.1, 0.15) is 23.5 Å². The average Bonchev–Trinajstić information content (AvgIpc) is 3.54. The Labute approximate surface area is 208 Å². The predicted octanol–water partition coefficient (Wildman–Crippen LogP) is 4.70. The second-order valence-electron chi connectivity index (χ2n) is 9.26. The molecule has 0 aliphatic heterocycles. The number of aromatic nitrogens is 7. The van der Waals surface area contributed by atoms with E-state index in [1.165, 1.54) is 10.9 Å². The fourth-order valence-electron chi connectivity index (χ4n) is 4.74. The first-order valence-electron chi connectivity index (χ1n) is 12.2. The Morgan fingerprint density at radius 3 is 2.75 bits per heavy atom. The van der Waals surface area contributed by atoms with E-state index in [0.29, 0.717) is 18.1 Å². The van der Waals surface area contributed by atoms with E-state index >= 15 is 0 Å². The van der Waals surface area contributed by atoms with Crippen molar-refractivity contribution in [3.05, 3.63) is 71.9 Å². The first kappa shape index (κ1) is 22.1. The van der Waals surface area contributed by atoms with Crippen molar-refractivity contribution in [3.8, 4) is 0 Å². The minimum absolute atomic E-state index is 0.573. The van der Waals surface area contributed by atoms with Gasteiger partial charge in [0, 0.05) is 44.8 Å². The molecule has 6 rings (SSSR count). The van der Waals surface area contributed by atoms with Crippen LogP contribution in [0.15, 0.2) is 54.9 Å². The standard InChI is InChI=1S/C27H29N9/c1-17-13-19-11-10-18(14-21(19)31-17)15-29-25-24-26(30-16-35(24)2)34-27(33-25)28-12-6-9-23-32-20-7-4-5-8-22(20)36(23)3/h4-5,7-8,10-11,13-14,16,31H,6,9,12,15H2,1-3H3,(H2,28,29,33,34). The Bertz CT molecular complexity index is 1690. The number of nitrogens with zero attached hydrogens (tertiary/aromatic N) is 6. The number of para-hydroxylation sites is 2. The van der Waals surface area contributed by atoms with E-state index in [2.05, 4.69) is 80.5 Å². The van der Waals surface area contributed by atoms with E-state index in [4.69, 9.17) is 9.97 Å². The number of imidazole rings is 2. The van der Waals surface area contributed by atoms with E-state index in [1.807, 2.05) is 23.7 Å². The molecule has 4 heterocycles. The molecule has 3 N–H and O–H groups in total. The van der Waals surface area contributed by atoms with Gasteiger partial charge in [-0.05, 0) is 48.6 Å². The van der Waals surface area contributed by atoms with E-state index in [9.17, 15) is 0 Å². The van der Waals surface area contributed by atoms with Gasteiger partial charge in [0.25, 0.3) is 0 Å². The van der Waals surface area contributed by atoms with Crippen molar-refractivity contribution < 1.29 is 0 Å². The lowest BCUT2D eigenvalue weighted by molar-refractivity contribution is 0.751. The molecule has 2 aromatic carbocycles. The van der Waals surface area contributed by atoms with E-state index in [0.717, 1.165) is 58.8 Å². The molecule has 0 fully saturated rings. The van der Waals surface area contributed by atoms with Gasteiger partial charge in [0.15, 0.2) is 11.5 Å². The number of aryl methyl sites for hydroxylation is 4. The quantitative estimate of drug-likeness (QED) is 0.274.